The number of nitrogens with one attached hydrogen (secondary N) is 1. The van der Waals surface area contributed by atoms with Crippen molar-refractivity contribution in [2.24, 2.45) is 0 Å². The van der Waals surface area contributed by atoms with E-state index in [0.717, 1.165) is 30.3 Å². The van der Waals surface area contributed by atoms with Gasteiger partial charge in [-0.05, 0) is 44.5 Å². The number of aromatic nitrogens is 2. The van der Waals surface area contributed by atoms with Gasteiger partial charge in [0.25, 0.3) is 0 Å². The standard InChI is InChI=1S/C16H24N4S/c1-5-18-12(2)15-13(3)19-16(21-15)20(4)11-8-14-6-9-17-10-7-14/h6-7,9-10,12,18H,5,8,11H2,1-4H3. The molecule has 5 heteroatoms. The van der Waals surface area contributed by atoms with E-state index in [4.69, 9.17) is 4.98 Å². The smallest absolute Gasteiger partial charge is 0.185 e. The third-order valence-corrected chi connectivity index (χ3v) is 4.99. The van der Waals surface area contributed by atoms with Gasteiger partial charge in [0.05, 0.1) is 5.69 Å². The van der Waals surface area contributed by atoms with Crippen LogP contribution >= 0.6 is 11.3 Å². The first-order valence-corrected chi connectivity index (χ1v) is 8.24. The van der Waals surface area contributed by atoms with Gasteiger partial charge in [-0.2, -0.15) is 0 Å². The Hall–Kier alpha value is -1.46. The van der Waals surface area contributed by atoms with E-state index >= 15 is 0 Å². The molecule has 2 heterocycles. The summed E-state index contributed by atoms with van der Waals surface area (Å²) in [4.78, 5) is 12.3. The number of hydrogen-bond acceptors (Lipinski definition) is 5. The molecule has 21 heavy (non-hydrogen) atoms. The molecule has 2 rings (SSSR count). The molecule has 4 nitrogen and oxygen atoms in total. The molecule has 1 atom stereocenters. The SMILES string of the molecule is CCNC(C)c1sc(N(C)CCc2ccncc2)nc1C. The highest BCUT2D eigenvalue weighted by molar-refractivity contribution is 7.15. The normalized spacial score (nSPS) is 12.4. The molecule has 0 spiro atoms. The van der Waals surface area contributed by atoms with E-state index in [9.17, 15) is 0 Å². The molecule has 0 aliphatic rings. The molecule has 2 aromatic heterocycles. The molecule has 0 amide bonds. The fourth-order valence-electron chi connectivity index (χ4n) is 2.30. The number of likely N-dealkylation sites (N-methyl/N-ethyl adjacent to an activating group) is 1. The largest absolute Gasteiger partial charge is 0.351 e. The van der Waals surface area contributed by atoms with Gasteiger partial charge >= 0.3 is 0 Å². The summed E-state index contributed by atoms with van der Waals surface area (Å²) in [6.45, 7) is 8.37. The van der Waals surface area contributed by atoms with Crippen molar-refractivity contribution in [2.45, 2.75) is 33.2 Å². The van der Waals surface area contributed by atoms with E-state index in [1.165, 1.54) is 10.4 Å². The van der Waals surface area contributed by atoms with Crippen LogP contribution in [0.2, 0.25) is 0 Å². The van der Waals surface area contributed by atoms with Gasteiger partial charge in [0, 0.05) is 36.9 Å². The van der Waals surface area contributed by atoms with Crippen LogP contribution in [-0.2, 0) is 6.42 Å². The molecule has 0 aliphatic heterocycles. The van der Waals surface area contributed by atoms with E-state index in [1.54, 1.807) is 11.3 Å². The van der Waals surface area contributed by atoms with Crippen LogP contribution in [0.5, 0.6) is 0 Å². The Morgan fingerprint density at radius 1 is 1.33 bits per heavy atom. The summed E-state index contributed by atoms with van der Waals surface area (Å²) in [5, 5.41) is 4.56. The summed E-state index contributed by atoms with van der Waals surface area (Å²) < 4.78 is 0. The molecule has 0 bridgehead atoms. The fourth-order valence-corrected chi connectivity index (χ4v) is 3.38. The van der Waals surface area contributed by atoms with E-state index in [1.807, 2.05) is 12.4 Å². The highest BCUT2D eigenvalue weighted by atomic mass is 32.1. The quantitative estimate of drug-likeness (QED) is 0.853. The summed E-state index contributed by atoms with van der Waals surface area (Å²) in [5.74, 6) is 0. The van der Waals surface area contributed by atoms with Crippen molar-refractivity contribution in [2.75, 3.05) is 25.0 Å². The summed E-state index contributed by atoms with van der Waals surface area (Å²) >= 11 is 1.79. The van der Waals surface area contributed by atoms with Crippen molar-refractivity contribution in [3.05, 3.63) is 40.7 Å². The number of pyridine rings is 1. The first kappa shape index (κ1) is 15.9. The summed E-state index contributed by atoms with van der Waals surface area (Å²) in [5.41, 5.74) is 2.45. The van der Waals surface area contributed by atoms with Crippen molar-refractivity contribution in [3.8, 4) is 0 Å². The Balaban J connectivity index is 1.99. The molecular formula is C16H24N4S. The van der Waals surface area contributed by atoms with Crippen molar-refractivity contribution in [1.82, 2.24) is 15.3 Å². The second-order valence-electron chi connectivity index (χ2n) is 5.25. The van der Waals surface area contributed by atoms with Crippen molar-refractivity contribution in [1.29, 1.82) is 0 Å². The van der Waals surface area contributed by atoms with Crippen molar-refractivity contribution < 1.29 is 0 Å². The number of anilines is 1. The van der Waals surface area contributed by atoms with Crippen LogP contribution in [0.25, 0.3) is 0 Å². The monoisotopic (exact) mass is 304 g/mol. The van der Waals surface area contributed by atoms with Crippen LogP contribution in [0.15, 0.2) is 24.5 Å². The number of aryl methyl sites for hydroxylation is 1. The van der Waals surface area contributed by atoms with Gasteiger partial charge in [-0.3, -0.25) is 4.98 Å². The molecule has 0 saturated carbocycles. The minimum Gasteiger partial charge on any atom is -0.351 e. The van der Waals surface area contributed by atoms with E-state index < -0.39 is 0 Å². The number of nitrogens with zero attached hydrogens (tertiary/aromatic N) is 3. The van der Waals surface area contributed by atoms with Gasteiger partial charge in [0.1, 0.15) is 0 Å². The number of rotatable bonds is 7. The number of hydrogen-bond donors (Lipinski definition) is 1. The third-order valence-electron chi connectivity index (χ3n) is 3.54. The maximum absolute atomic E-state index is 4.72. The maximum atomic E-state index is 4.72. The summed E-state index contributed by atoms with van der Waals surface area (Å²) in [7, 11) is 2.11. The van der Waals surface area contributed by atoms with E-state index in [2.05, 4.69) is 55.2 Å². The molecule has 0 fully saturated rings. The highest BCUT2D eigenvalue weighted by Gasteiger charge is 2.15. The van der Waals surface area contributed by atoms with Crippen LogP contribution in [0.4, 0.5) is 5.13 Å². The van der Waals surface area contributed by atoms with Crippen LogP contribution in [0.3, 0.4) is 0 Å². The number of thiazole rings is 1. The molecule has 1 N–H and O–H groups in total. The van der Waals surface area contributed by atoms with Gasteiger partial charge in [-0.25, -0.2) is 4.98 Å². The molecule has 1 unspecified atom stereocenters. The predicted molar refractivity (Wildman–Crippen MR) is 90.2 cm³/mol. The maximum Gasteiger partial charge on any atom is 0.185 e. The zero-order valence-electron chi connectivity index (χ0n) is 13.3. The van der Waals surface area contributed by atoms with Crippen LogP contribution in [0.1, 0.15) is 36.0 Å². The Kier molecular flexibility index (Phi) is 5.70. The Morgan fingerprint density at radius 2 is 2.05 bits per heavy atom. The molecule has 0 saturated heterocycles. The Morgan fingerprint density at radius 3 is 2.71 bits per heavy atom. The van der Waals surface area contributed by atoms with Crippen LogP contribution in [0, 0.1) is 6.92 Å². The molecule has 2 aromatic rings. The lowest BCUT2D eigenvalue weighted by molar-refractivity contribution is 0.603. The van der Waals surface area contributed by atoms with E-state index in [0.29, 0.717) is 6.04 Å². The van der Waals surface area contributed by atoms with Gasteiger partial charge in [-0.1, -0.05) is 6.92 Å². The molecule has 114 valence electrons. The lowest BCUT2D eigenvalue weighted by atomic mass is 10.2. The predicted octanol–water partition coefficient (Wildman–Crippen LogP) is 3.20. The van der Waals surface area contributed by atoms with Gasteiger partial charge in [0.15, 0.2) is 5.13 Å². The first-order chi connectivity index (χ1) is 10.1. The average molecular weight is 304 g/mol. The van der Waals surface area contributed by atoms with Crippen molar-refractivity contribution in [3.63, 3.8) is 0 Å². The minimum absolute atomic E-state index is 0.370. The Labute approximate surface area is 131 Å². The molecule has 0 aliphatic carbocycles. The lowest BCUT2D eigenvalue weighted by Gasteiger charge is -2.15. The summed E-state index contributed by atoms with van der Waals surface area (Å²) in [6, 6.07) is 4.51. The van der Waals surface area contributed by atoms with E-state index in [-0.39, 0.29) is 0 Å². The van der Waals surface area contributed by atoms with Gasteiger partial charge in [-0.15, -0.1) is 11.3 Å². The second kappa shape index (κ2) is 7.52. The molecule has 0 radical (unpaired) electrons. The third kappa shape index (κ3) is 4.25. The van der Waals surface area contributed by atoms with Crippen molar-refractivity contribution >= 4 is 16.5 Å². The van der Waals surface area contributed by atoms with Gasteiger partial charge < -0.3 is 10.2 Å². The lowest BCUT2D eigenvalue weighted by Crippen LogP contribution is -2.20. The topological polar surface area (TPSA) is 41.0 Å². The fraction of sp³-hybridized carbons (Fsp3) is 0.500. The van der Waals surface area contributed by atoms with Gasteiger partial charge in [0.2, 0.25) is 0 Å². The Bertz CT molecular complexity index is 553. The molecular weight excluding hydrogens is 280 g/mol. The first-order valence-electron chi connectivity index (χ1n) is 7.42. The molecule has 0 aromatic carbocycles. The highest BCUT2D eigenvalue weighted by Crippen LogP contribution is 2.30. The average Bonchev–Trinajstić information content (AvgIpc) is 2.88. The zero-order valence-corrected chi connectivity index (χ0v) is 14.1. The minimum atomic E-state index is 0.370. The zero-order chi connectivity index (χ0) is 15.2. The summed E-state index contributed by atoms with van der Waals surface area (Å²) in [6.07, 6.45) is 4.70. The second-order valence-corrected chi connectivity index (χ2v) is 6.26. The van der Waals surface area contributed by atoms with Crippen LogP contribution in [-0.4, -0.2) is 30.1 Å². The van der Waals surface area contributed by atoms with Crippen LogP contribution < -0.4 is 10.2 Å².